The molecule has 38 heavy (non-hydrogen) atoms. The number of hydrogen-bond acceptors (Lipinski definition) is 7. The molecule has 2 aliphatic rings. The van der Waals surface area contributed by atoms with E-state index >= 15 is 0 Å². The zero-order chi connectivity index (χ0) is 26.4. The van der Waals surface area contributed by atoms with Gasteiger partial charge in [0, 0.05) is 42.4 Å². The van der Waals surface area contributed by atoms with Crippen LogP contribution in [0.1, 0.15) is 41.8 Å². The molecule has 8 nitrogen and oxygen atoms in total. The highest BCUT2D eigenvalue weighted by Crippen LogP contribution is 2.42. The molecule has 0 amide bonds. The van der Waals surface area contributed by atoms with Crippen LogP contribution in [0.25, 0.3) is 5.69 Å². The van der Waals surface area contributed by atoms with E-state index in [9.17, 15) is 9.18 Å². The number of aromatic nitrogens is 4. The number of nitrogens with one attached hydrogen (secondary N) is 1. The second kappa shape index (κ2) is 9.55. The number of hydrogen-bond donors (Lipinski definition) is 1. The fourth-order valence-corrected chi connectivity index (χ4v) is 5.70. The van der Waals surface area contributed by atoms with Gasteiger partial charge in [-0.3, -0.25) is 4.79 Å². The number of anilines is 3. The van der Waals surface area contributed by atoms with Crippen LogP contribution < -0.4 is 15.0 Å². The van der Waals surface area contributed by atoms with Crippen LogP contribution in [0.15, 0.2) is 55.0 Å². The Labute approximate surface area is 220 Å². The first-order chi connectivity index (χ1) is 18.4. The molecular weight excluding hydrogens is 483 g/mol. The smallest absolute Gasteiger partial charge is 0.229 e. The average Bonchev–Trinajstić information content (AvgIpc) is 3.56. The van der Waals surface area contributed by atoms with Gasteiger partial charge in [0.1, 0.15) is 17.4 Å². The van der Waals surface area contributed by atoms with Gasteiger partial charge in [0.2, 0.25) is 5.95 Å². The quantitative estimate of drug-likeness (QED) is 0.393. The highest BCUT2D eigenvalue weighted by molar-refractivity contribution is 5.95. The van der Waals surface area contributed by atoms with Crippen LogP contribution in [0.4, 0.5) is 21.8 Å². The minimum atomic E-state index is -0.307. The predicted octanol–water partition coefficient (Wildman–Crippen LogP) is 4.91. The van der Waals surface area contributed by atoms with Gasteiger partial charge in [0.05, 0.1) is 36.6 Å². The summed E-state index contributed by atoms with van der Waals surface area (Å²) >= 11 is 0. The first-order valence-corrected chi connectivity index (χ1v) is 12.9. The standard InChI is InChI=1S/C29H29FN6O2/c1-4-23-22-14-25(37)27-21(18-5-7-19(30)8-6-18)11-12-36(27)28(22)34-29(33-23)32-20-9-10-24(26(13-20)38-3)35-15-17(2)31-16-35/h5-10,13,15-16,21,27H,4,11-12,14H2,1-3H3,(H,32,33,34). The van der Waals surface area contributed by atoms with Gasteiger partial charge in [-0.15, -0.1) is 0 Å². The molecule has 9 heteroatoms. The molecule has 2 aliphatic heterocycles. The Morgan fingerprint density at radius 3 is 2.68 bits per heavy atom. The van der Waals surface area contributed by atoms with E-state index in [1.165, 1.54) is 12.1 Å². The molecule has 1 saturated heterocycles. The summed E-state index contributed by atoms with van der Waals surface area (Å²) in [6.07, 6.45) is 5.51. The summed E-state index contributed by atoms with van der Waals surface area (Å²) in [5.41, 5.74) is 5.35. The molecule has 0 spiro atoms. The molecule has 6 rings (SSSR count). The summed E-state index contributed by atoms with van der Waals surface area (Å²) in [6, 6.07) is 12.0. The molecule has 0 aliphatic carbocycles. The van der Waals surface area contributed by atoms with Gasteiger partial charge in [-0.25, -0.2) is 14.4 Å². The van der Waals surface area contributed by atoms with Crippen molar-refractivity contribution in [1.29, 1.82) is 0 Å². The third-order valence-corrected chi connectivity index (χ3v) is 7.48. The monoisotopic (exact) mass is 512 g/mol. The van der Waals surface area contributed by atoms with Crippen molar-refractivity contribution in [2.24, 2.45) is 0 Å². The third-order valence-electron chi connectivity index (χ3n) is 7.48. The van der Waals surface area contributed by atoms with E-state index in [4.69, 9.17) is 14.7 Å². The number of nitrogens with zero attached hydrogens (tertiary/aromatic N) is 5. The number of benzene rings is 2. The zero-order valence-electron chi connectivity index (χ0n) is 21.6. The number of imidazole rings is 1. The van der Waals surface area contributed by atoms with E-state index in [1.807, 2.05) is 42.8 Å². The Hall–Kier alpha value is -4.27. The summed E-state index contributed by atoms with van der Waals surface area (Å²) < 4.78 is 21.1. The first kappa shape index (κ1) is 24.1. The SMILES string of the molecule is CCc1nc(Nc2ccc(-n3cnc(C)c3)c(OC)c2)nc2c1CC(=O)C1C(c3ccc(F)cc3)CCN21. The highest BCUT2D eigenvalue weighted by Gasteiger charge is 2.45. The lowest BCUT2D eigenvalue weighted by atomic mass is 9.85. The number of Topliss-reactive ketones (excluding diaryl/α,β-unsaturated/α-hetero) is 1. The van der Waals surface area contributed by atoms with Gasteiger partial charge < -0.3 is 19.5 Å². The average molecular weight is 513 g/mol. The Morgan fingerprint density at radius 1 is 1.16 bits per heavy atom. The number of halogens is 1. The molecule has 0 saturated carbocycles. The van der Waals surface area contributed by atoms with E-state index in [0.717, 1.165) is 46.1 Å². The first-order valence-electron chi connectivity index (χ1n) is 12.9. The second-order valence-electron chi connectivity index (χ2n) is 9.81. The summed E-state index contributed by atoms with van der Waals surface area (Å²) in [4.78, 5) is 29.5. The topological polar surface area (TPSA) is 85.2 Å². The fourth-order valence-electron chi connectivity index (χ4n) is 5.70. The molecule has 2 aromatic carbocycles. The van der Waals surface area contributed by atoms with Gasteiger partial charge in [-0.2, -0.15) is 4.98 Å². The number of rotatable bonds is 6. The maximum atomic E-state index is 13.5. The fraction of sp³-hybridized carbons (Fsp3) is 0.310. The third kappa shape index (κ3) is 4.17. The molecule has 2 aromatic heterocycles. The molecule has 2 unspecified atom stereocenters. The van der Waals surface area contributed by atoms with Crippen molar-refractivity contribution in [2.45, 2.75) is 45.1 Å². The maximum Gasteiger partial charge on any atom is 0.229 e. The Balaban J connectivity index is 1.33. The van der Waals surface area contributed by atoms with Crippen molar-refractivity contribution in [3.05, 3.63) is 83.3 Å². The summed E-state index contributed by atoms with van der Waals surface area (Å²) in [5, 5.41) is 3.35. The number of fused-ring (bicyclic) bond motifs is 3. The van der Waals surface area contributed by atoms with Gasteiger partial charge >= 0.3 is 0 Å². The lowest BCUT2D eigenvalue weighted by Crippen LogP contribution is -2.45. The maximum absolute atomic E-state index is 13.5. The molecule has 4 heterocycles. The molecule has 194 valence electrons. The highest BCUT2D eigenvalue weighted by atomic mass is 19.1. The number of carbonyl (C=O) groups excluding carboxylic acids is 1. The van der Waals surface area contributed by atoms with Crippen molar-refractivity contribution in [1.82, 2.24) is 19.5 Å². The Bertz CT molecular complexity index is 1520. The van der Waals surface area contributed by atoms with Crippen molar-refractivity contribution in [3.8, 4) is 11.4 Å². The van der Waals surface area contributed by atoms with Crippen LogP contribution in [0.5, 0.6) is 5.75 Å². The number of ether oxygens (including phenoxy) is 1. The van der Waals surface area contributed by atoms with Crippen LogP contribution in [0.3, 0.4) is 0 Å². The predicted molar refractivity (Wildman–Crippen MR) is 143 cm³/mol. The summed E-state index contributed by atoms with van der Waals surface area (Å²) in [5.74, 6) is 1.88. The summed E-state index contributed by atoms with van der Waals surface area (Å²) in [6.45, 7) is 4.69. The number of methoxy groups -OCH3 is 1. The van der Waals surface area contributed by atoms with Gasteiger partial charge in [-0.1, -0.05) is 19.1 Å². The summed E-state index contributed by atoms with van der Waals surface area (Å²) in [7, 11) is 1.64. The van der Waals surface area contributed by atoms with Crippen LogP contribution in [-0.2, 0) is 17.6 Å². The van der Waals surface area contributed by atoms with Crippen LogP contribution in [0.2, 0.25) is 0 Å². The van der Waals surface area contributed by atoms with Crippen molar-refractivity contribution >= 4 is 23.2 Å². The van der Waals surface area contributed by atoms with Crippen molar-refractivity contribution in [3.63, 3.8) is 0 Å². The van der Waals surface area contributed by atoms with E-state index in [0.29, 0.717) is 31.1 Å². The normalized spacial score (nSPS) is 18.3. The van der Waals surface area contributed by atoms with Crippen molar-refractivity contribution in [2.75, 3.05) is 23.9 Å². The molecule has 1 N–H and O–H groups in total. The van der Waals surface area contributed by atoms with E-state index < -0.39 is 0 Å². The molecule has 1 fully saturated rings. The van der Waals surface area contributed by atoms with Crippen LogP contribution in [-0.4, -0.2) is 45.0 Å². The molecule has 4 aromatic rings. The lowest BCUT2D eigenvalue weighted by Gasteiger charge is -2.34. The molecule has 0 radical (unpaired) electrons. The molecule has 2 atom stereocenters. The van der Waals surface area contributed by atoms with Gasteiger partial charge in [-0.05, 0) is 49.6 Å². The zero-order valence-corrected chi connectivity index (χ0v) is 21.6. The van der Waals surface area contributed by atoms with E-state index in [-0.39, 0.29) is 23.6 Å². The van der Waals surface area contributed by atoms with Crippen LogP contribution >= 0.6 is 0 Å². The largest absolute Gasteiger partial charge is 0.494 e. The second-order valence-corrected chi connectivity index (χ2v) is 9.81. The number of aryl methyl sites for hydroxylation is 2. The van der Waals surface area contributed by atoms with Gasteiger partial charge in [0.25, 0.3) is 0 Å². The van der Waals surface area contributed by atoms with E-state index in [2.05, 4.69) is 15.2 Å². The van der Waals surface area contributed by atoms with Gasteiger partial charge in [0.15, 0.2) is 5.78 Å². The van der Waals surface area contributed by atoms with Crippen molar-refractivity contribution < 1.29 is 13.9 Å². The van der Waals surface area contributed by atoms with E-state index in [1.54, 1.807) is 25.6 Å². The number of carbonyl (C=O) groups is 1. The Kier molecular flexibility index (Phi) is 6.06. The van der Waals surface area contributed by atoms with Crippen LogP contribution in [0, 0.1) is 12.7 Å². The minimum Gasteiger partial charge on any atom is -0.494 e. The minimum absolute atomic E-state index is 0.0105. The number of ketones is 1. The molecular formula is C29H29FN6O2. The lowest BCUT2D eigenvalue weighted by molar-refractivity contribution is -0.120. The Morgan fingerprint density at radius 2 is 1.97 bits per heavy atom. The molecule has 0 bridgehead atoms.